The Morgan fingerprint density at radius 3 is 2.52 bits per heavy atom. The van der Waals surface area contributed by atoms with E-state index in [9.17, 15) is 0 Å². The summed E-state index contributed by atoms with van der Waals surface area (Å²) in [5, 5.41) is 3.70. The topological polar surface area (TPSA) is 15.3 Å². The lowest BCUT2D eigenvalue weighted by Gasteiger charge is -2.40. The molecule has 2 heteroatoms. The lowest BCUT2D eigenvalue weighted by Crippen LogP contribution is -2.48. The molecule has 0 amide bonds. The van der Waals surface area contributed by atoms with Crippen molar-refractivity contribution in [1.29, 1.82) is 0 Å². The lowest BCUT2D eigenvalue weighted by atomic mass is 9.85. The van der Waals surface area contributed by atoms with Crippen molar-refractivity contribution in [2.24, 2.45) is 5.41 Å². The Balaban J connectivity index is 2.08. The molecule has 118 valence electrons. The fraction of sp³-hybridized carbons (Fsp3) is 0.684. The Bertz CT molecular complexity index is 461. The van der Waals surface area contributed by atoms with E-state index in [1.807, 2.05) is 0 Å². The number of anilines is 1. The zero-order valence-electron chi connectivity index (χ0n) is 14.5. The van der Waals surface area contributed by atoms with Gasteiger partial charge in [0.2, 0.25) is 0 Å². The first kappa shape index (κ1) is 16.4. The fourth-order valence-corrected chi connectivity index (χ4v) is 3.01. The third-order valence-electron chi connectivity index (χ3n) is 4.68. The van der Waals surface area contributed by atoms with Gasteiger partial charge in [0.25, 0.3) is 0 Å². The Kier molecular flexibility index (Phi) is 4.98. The van der Waals surface area contributed by atoms with E-state index in [1.165, 1.54) is 37.1 Å². The van der Waals surface area contributed by atoms with Crippen LogP contribution in [0.15, 0.2) is 24.3 Å². The van der Waals surface area contributed by atoms with Gasteiger partial charge in [-0.2, -0.15) is 0 Å². The molecular formula is C19H32N2. The number of nitrogens with zero attached hydrogens (tertiary/aromatic N) is 1. The highest BCUT2D eigenvalue weighted by atomic mass is 15.1. The van der Waals surface area contributed by atoms with Crippen molar-refractivity contribution in [1.82, 2.24) is 5.32 Å². The largest absolute Gasteiger partial charge is 0.371 e. The second-order valence-corrected chi connectivity index (χ2v) is 7.92. The maximum Gasteiger partial charge on any atom is 0.0398 e. The molecule has 0 radical (unpaired) electrons. The number of fused-ring (bicyclic) bond motifs is 1. The SMILES string of the molecule is CCC(C)(CNC(C)(C)C)CN1CCCc2ccccc21. The summed E-state index contributed by atoms with van der Waals surface area (Å²) >= 11 is 0. The standard InChI is InChI=1S/C19H32N2/c1-6-19(5,14-20-18(2,3)4)15-21-13-9-11-16-10-7-8-12-17(16)21/h7-8,10,12,20H,6,9,11,13-15H2,1-5H3. The van der Waals surface area contributed by atoms with Crippen molar-refractivity contribution in [2.45, 2.75) is 59.4 Å². The summed E-state index contributed by atoms with van der Waals surface area (Å²) in [6.07, 6.45) is 3.72. The van der Waals surface area contributed by atoms with Crippen molar-refractivity contribution in [3.63, 3.8) is 0 Å². The molecule has 2 nitrogen and oxygen atoms in total. The second-order valence-electron chi connectivity index (χ2n) is 7.92. The Hall–Kier alpha value is -1.02. The van der Waals surface area contributed by atoms with E-state index in [2.05, 4.69) is 69.1 Å². The maximum atomic E-state index is 3.70. The van der Waals surface area contributed by atoms with Gasteiger partial charge in [-0.25, -0.2) is 0 Å². The first-order valence-corrected chi connectivity index (χ1v) is 8.41. The molecular weight excluding hydrogens is 256 g/mol. The van der Waals surface area contributed by atoms with Crippen LogP contribution in [0.25, 0.3) is 0 Å². The molecule has 1 N–H and O–H groups in total. The zero-order valence-corrected chi connectivity index (χ0v) is 14.5. The van der Waals surface area contributed by atoms with Crippen molar-refractivity contribution >= 4 is 5.69 Å². The number of rotatable bonds is 5. The summed E-state index contributed by atoms with van der Waals surface area (Å²) in [4.78, 5) is 2.60. The van der Waals surface area contributed by atoms with E-state index in [4.69, 9.17) is 0 Å². The van der Waals surface area contributed by atoms with Crippen molar-refractivity contribution in [3.05, 3.63) is 29.8 Å². The van der Waals surface area contributed by atoms with Gasteiger partial charge in [-0.1, -0.05) is 32.0 Å². The van der Waals surface area contributed by atoms with Gasteiger partial charge >= 0.3 is 0 Å². The van der Waals surface area contributed by atoms with E-state index in [-0.39, 0.29) is 5.54 Å². The molecule has 21 heavy (non-hydrogen) atoms. The summed E-state index contributed by atoms with van der Waals surface area (Å²) in [5.74, 6) is 0. The van der Waals surface area contributed by atoms with E-state index < -0.39 is 0 Å². The van der Waals surface area contributed by atoms with Crippen LogP contribution in [0.5, 0.6) is 0 Å². The molecule has 0 fully saturated rings. The van der Waals surface area contributed by atoms with Gasteiger partial charge in [0.15, 0.2) is 0 Å². The van der Waals surface area contributed by atoms with Crippen LogP contribution in [-0.4, -0.2) is 25.2 Å². The number of benzene rings is 1. The second kappa shape index (κ2) is 6.39. The van der Waals surface area contributed by atoms with E-state index >= 15 is 0 Å². The van der Waals surface area contributed by atoms with Crippen LogP contribution in [0.3, 0.4) is 0 Å². The molecule has 0 saturated carbocycles. The highest BCUT2D eigenvalue weighted by molar-refractivity contribution is 5.55. The minimum atomic E-state index is 0.191. The van der Waals surface area contributed by atoms with Gasteiger partial charge in [-0.05, 0) is 57.1 Å². The van der Waals surface area contributed by atoms with E-state index in [0.717, 1.165) is 13.1 Å². The molecule has 0 aliphatic carbocycles. The van der Waals surface area contributed by atoms with Crippen LogP contribution in [0.2, 0.25) is 0 Å². The van der Waals surface area contributed by atoms with Crippen molar-refractivity contribution in [2.75, 3.05) is 24.5 Å². The van der Waals surface area contributed by atoms with Gasteiger partial charge in [0.05, 0.1) is 0 Å². The summed E-state index contributed by atoms with van der Waals surface area (Å²) in [6.45, 7) is 14.9. The molecule has 0 saturated heterocycles. The number of nitrogens with one attached hydrogen (secondary N) is 1. The van der Waals surface area contributed by atoms with Crippen LogP contribution in [0, 0.1) is 5.41 Å². The Morgan fingerprint density at radius 1 is 1.14 bits per heavy atom. The van der Waals surface area contributed by atoms with Gasteiger partial charge in [0.1, 0.15) is 0 Å². The molecule has 1 aliphatic heterocycles. The van der Waals surface area contributed by atoms with Gasteiger partial charge in [0, 0.05) is 30.9 Å². The summed E-state index contributed by atoms with van der Waals surface area (Å²) in [6, 6.07) is 8.93. The Morgan fingerprint density at radius 2 is 1.86 bits per heavy atom. The van der Waals surface area contributed by atoms with Crippen LogP contribution in [0.1, 0.15) is 53.0 Å². The smallest absolute Gasteiger partial charge is 0.0398 e. The quantitative estimate of drug-likeness (QED) is 0.871. The normalized spacial score (nSPS) is 18.2. The lowest BCUT2D eigenvalue weighted by molar-refractivity contribution is 0.258. The number of para-hydroxylation sites is 1. The monoisotopic (exact) mass is 288 g/mol. The third-order valence-corrected chi connectivity index (χ3v) is 4.68. The number of hydrogen-bond acceptors (Lipinski definition) is 2. The summed E-state index contributed by atoms with van der Waals surface area (Å²) in [5.41, 5.74) is 3.48. The van der Waals surface area contributed by atoms with Crippen LogP contribution < -0.4 is 10.2 Å². The first-order chi connectivity index (χ1) is 9.83. The van der Waals surface area contributed by atoms with Gasteiger partial charge in [-0.3, -0.25) is 0 Å². The molecule has 0 spiro atoms. The molecule has 0 aromatic heterocycles. The number of hydrogen-bond donors (Lipinski definition) is 1. The average Bonchev–Trinajstić information content (AvgIpc) is 2.45. The van der Waals surface area contributed by atoms with Crippen LogP contribution >= 0.6 is 0 Å². The minimum Gasteiger partial charge on any atom is -0.371 e. The van der Waals surface area contributed by atoms with Crippen LogP contribution in [0.4, 0.5) is 5.69 Å². The van der Waals surface area contributed by atoms with Gasteiger partial charge < -0.3 is 10.2 Å². The van der Waals surface area contributed by atoms with Crippen LogP contribution in [-0.2, 0) is 6.42 Å². The predicted molar refractivity (Wildman–Crippen MR) is 93.1 cm³/mol. The molecule has 2 rings (SSSR count). The molecule has 1 atom stereocenters. The Labute approximate surface area is 130 Å². The highest BCUT2D eigenvalue weighted by Crippen LogP contribution is 2.31. The summed E-state index contributed by atoms with van der Waals surface area (Å²) < 4.78 is 0. The van der Waals surface area contributed by atoms with E-state index in [1.54, 1.807) is 0 Å². The molecule has 1 aromatic carbocycles. The molecule has 0 bridgehead atoms. The number of aryl methyl sites for hydroxylation is 1. The predicted octanol–water partition coefficient (Wildman–Crippen LogP) is 4.24. The van der Waals surface area contributed by atoms with Gasteiger partial charge in [-0.15, -0.1) is 0 Å². The fourth-order valence-electron chi connectivity index (χ4n) is 3.01. The van der Waals surface area contributed by atoms with E-state index in [0.29, 0.717) is 5.41 Å². The first-order valence-electron chi connectivity index (χ1n) is 8.41. The maximum absolute atomic E-state index is 3.70. The highest BCUT2D eigenvalue weighted by Gasteiger charge is 2.28. The zero-order chi connectivity index (χ0) is 15.5. The minimum absolute atomic E-state index is 0.191. The molecule has 1 heterocycles. The third kappa shape index (κ3) is 4.47. The van der Waals surface area contributed by atoms with Crippen molar-refractivity contribution in [3.8, 4) is 0 Å². The molecule has 1 aromatic rings. The average molecular weight is 288 g/mol. The molecule has 1 aliphatic rings. The van der Waals surface area contributed by atoms with Crippen molar-refractivity contribution < 1.29 is 0 Å². The summed E-state index contributed by atoms with van der Waals surface area (Å²) in [7, 11) is 0. The molecule has 1 unspecified atom stereocenters.